The Bertz CT molecular complexity index is 455. The number of nitrogens with one attached hydrogen (secondary N) is 1. The Labute approximate surface area is 131 Å². The molecule has 0 radical (unpaired) electrons. The van der Waals surface area contributed by atoms with Crippen molar-refractivity contribution in [3.05, 3.63) is 26.7 Å². The standard InChI is InChI=1S/C13H16BrCl2NO2/c1-3-4-5-10(13(18)19-2)17-9-7-6-8(14)11(15)12(9)16/h6-7,10,17H,3-5H2,1-2H3. The highest BCUT2D eigenvalue weighted by atomic mass is 79.9. The van der Waals surface area contributed by atoms with Crippen LogP contribution in [-0.2, 0) is 9.53 Å². The minimum absolute atomic E-state index is 0.302. The average Bonchev–Trinajstić information content (AvgIpc) is 2.42. The Kier molecular flexibility index (Phi) is 6.97. The molecular formula is C13H16BrCl2NO2. The molecule has 0 aromatic heterocycles. The van der Waals surface area contributed by atoms with Crippen LogP contribution < -0.4 is 5.32 Å². The lowest BCUT2D eigenvalue weighted by Crippen LogP contribution is -2.30. The Morgan fingerprint density at radius 3 is 2.68 bits per heavy atom. The lowest BCUT2D eigenvalue weighted by molar-refractivity contribution is -0.141. The molecule has 1 atom stereocenters. The molecule has 0 aliphatic rings. The third-order valence-electron chi connectivity index (χ3n) is 2.70. The van der Waals surface area contributed by atoms with Crippen LogP contribution in [0.15, 0.2) is 16.6 Å². The average molecular weight is 369 g/mol. The maximum Gasteiger partial charge on any atom is 0.328 e. The Morgan fingerprint density at radius 1 is 1.42 bits per heavy atom. The van der Waals surface area contributed by atoms with E-state index in [-0.39, 0.29) is 5.97 Å². The number of methoxy groups -OCH3 is 1. The number of ether oxygens (including phenoxy) is 1. The van der Waals surface area contributed by atoms with Gasteiger partial charge >= 0.3 is 5.97 Å². The number of esters is 1. The molecule has 0 fully saturated rings. The highest BCUT2D eigenvalue weighted by Gasteiger charge is 2.20. The van der Waals surface area contributed by atoms with Gasteiger partial charge in [-0.2, -0.15) is 0 Å². The quantitative estimate of drug-likeness (QED) is 0.573. The molecule has 0 heterocycles. The third kappa shape index (κ3) is 4.55. The fourth-order valence-electron chi connectivity index (χ4n) is 1.62. The van der Waals surface area contributed by atoms with Crippen molar-refractivity contribution in [3.8, 4) is 0 Å². The smallest absolute Gasteiger partial charge is 0.328 e. The van der Waals surface area contributed by atoms with E-state index < -0.39 is 6.04 Å². The first-order valence-electron chi connectivity index (χ1n) is 5.99. The van der Waals surface area contributed by atoms with Gasteiger partial charge in [-0.25, -0.2) is 4.79 Å². The van der Waals surface area contributed by atoms with E-state index >= 15 is 0 Å². The molecule has 6 heteroatoms. The lowest BCUT2D eigenvalue weighted by Gasteiger charge is -2.18. The first-order chi connectivity index (χ1) is 9.01. The number of carbonyl (C=O) groups is 1. The zero-order chi connectivity index (χ0) is 14.4. The van der Waals surface area contributed by atoms with E-state index in [1.807, 2.05) is 0 Å². The van der Waals surface area contributed by atoms with Gasteiger partial charge in [0.05, 0.1) is 22.8 Å². The summed E-state index contributed by atoms with van der Waals surface area (Å²) in [4.78, 5) is 11.7. The van der Waals surface area contributed by atoms with Gasteiger partial charge in [-0.3, -0.25) is 0 Å². The molecule has 1 N–H and O–H groups in total. The number of halogens is 3. The highest BCUT2D eigenvalue weighted by Crippen LogP contribution is 2.36. The fourth-order valence-corrected chi connectivity index (χ4v) is 2.45. The number of carbonyl (C=O) groups excluding carboxylic acids is 1. The lowest BCUT2D eigenvalue weighted by atomic mass is 10.1. The zero-order valence-corrected chi connectivity index (χ0v) is 13.9. The van der Waals surface area contributed by atoms with E-state index in [9.17, 15) is 4.79 Å². The van der Waals surface area contributed by atoms with Crippen molar-refractivity contribution in [1.29, 1.82) is 0 Å². The number of rotatable bonds is 6. The van der Waals surface area contributed by atoms with Crippen LogP contribution in [0.4, 0.5) is 5.69 Å². The van der Waals surface area contributed by atoms with Gasteiger partial charge in [0, 0.05) is 4.47 Å². The molecule has 1 aromatic carbocycles. The molecule has 1 rings (SSSR count). The molecule has 0 saturated heterocycles. The second-order valence-corrected chi connectivity index (χ2v) is 5.70. The second-order valence-electron chi connectivity index (χ2n) is 4.09. The molecular weight excluding hydrogens is 353 g/mol. The van der Waals surface area contributed by atoms with Gasteiger partial charge in [-0.1, -0.05) is 43.0 Å². The summed E-state index contributed by atoms with van der Waals surface area (Å²) in [5.74, 6) is -0.302. The maximum absolute atomic E-state index is 11.7. The van der Waals surface area contributed by atoms with Crippen molar-refractivity contribution < 1.29 is 9.53 Å². The van der Waals surface area contributed by atoms with Crippen molar-refractivity contribution in [2.45, 2.75) is 32.2 Å². The van der Waals surface area contributed by atoms with Crippen LogP contribution in [0.25, 0.3) is 0 Å². The second kappa shape index (κ2) is 7.98. The Morgan fingerprint density at radius 2 is 2.11 bits per heavy atom. The van der Waals surface area contributed by atoms with Crippen LogP contribution >= 0.6 is 39.1 Å². The van der Waals surface area contributed by atoms with E-state index in [1.54, 1.807) is 12.1 Å². The van der Waals surface area contributed by atoms with Crippen LogP contribution in [-0.4, -0.2) is 19.1 Å². The van der Waals surface area contributed by atoms with E-state index in [2.05, 4.69) is 28.2 Å². The molecule has 0 amide bonds. The van der Waals surface area contributed by atoms with Gasteiger partial charge in [0.25, 0.3) is 0 Å². The normalized spacial score (nSPS) is 12.1. The van der Waals surface area contributed by atoms with Crippen LogP contribution in [0.3, 0.4) is 0 Å². The molecule has 19 heavy (non-hydrogen) atoms. The molecule has 1 aromatic rings. The van der Waals surface area contributed by atoms with Gasteiger partial charge < -0.3 is 10.1 Å². The maximum atomic E-state index is 11.7. The van der Waals surface area contributed by atoms with Gasteiger partial charge in [0.1, 0.15) is 6.04 Å². The number of anilines is 1. The molecule has 106 valence electrons. The number of benzene rings is 1. The van der Waals surface area contributed by atoms with Gasteiger partial charge in [0.2, 0.25) is 0 Å². The van der Waals surface area contributed by atoms with Gasteiger partial charge in [-0.15, -0.1) is 0 Å². The third-order valence-corrected chi connectivity index (χ3v) is 4.47. The van der Waals surface area contributed by atoms with Crippen LogP contribution in [0, 0.1) is 0 Å². The van der Waals surface area contributed by atoms with E-state index in [0.29, 0.717) is 26.6 Å². The van der Waals surface area contributed by atoms with Crippen molar-refractivity contribution in [2.75, 3.05) is 12.4 Å². The summed E-state index contributed by atoms with van der Waals surface area (Å²) in [6.07, 6.45) is 2.62. The van der Waals surface area contributed by atoms with Crippen molar-refractivity contribution in [3.63, 3.8) is 0 Å². The van der Waals surface area contributed by atoms with Crippen LogP contribution in [0.1, 0.15) is 26.2 Å². The zero-order valence-electron chi connectivity index (χ0n) is 10.8. The Hall–Kier alpha value is -0.450. The summed E-state index contributed by atoms with van der Waals surface area (Å²) >= 11 is 15.5. The predicted molar refractivity (Wildman–Crippen MR) is 83.1 cm³/mol. The topological polar surface area (TPSA) is 38.3 Å². The minimum atomic E-state index is -0.417. The van der Waals surface area contributed by atoms with Crippen LogP contribution in [0.5, 0.6) is 0 Å². The van der Waals surface area contributed by atoms with Crippen LogP contribution in [0.2, 0.25) is 10.0 Å². The summed E-state index contributed by atoms with van der Waals surface area (Å²) in [7, 11) is 1.37. The summed E-state index contributed by atoms with van der Waals surface area (Å²) in [6, 6.07) is 3.14. The van der Waals surface area contributed by atoms with Crippen molar-refractivity contribution in [2.24, 2.45) is 0 Å². The summed E-state index contributed by atoms with van der Waals surface area (Å²) in [5, 5.41) is 3.90. The first-order valence-corrected chi connectivity index (χ1v) is 7.54. The fraction of sp³-hybridized carbons (Fsp3) is 0.462. The molecule has 3 nitrogen and oxygen atoms in total. The molecule has 0 aliphatic carbocycles. The van der Waals surface area contributed by atoms with E-state index in [4.69, 9.17) is 27.9 Å². The van der Waals surface area contributed by atoms with Gasteiger partial charge in [0.15, 0.2) is 0 Å². The van der Waals surface area contributed by atoms with Crippen molar-refractivity contribution in [1.82, 2.24) is 0 Å². The number of unbranched alkanes of at least 4 members (excludes halogenated alkanes) is 1. The van der Waals surface area contributed by atoms with E-state index in [0.717, 1.165) is 12.8 Å². The summed E-state index contributed by atoms with van der Waals surface area (Å²) in [5.41, 5.74) is 0.626. The Balaban J connectivity index is 2.90. The van der Waals surface area contributed by atoms with Gasteiger partial charge in [-0.05, 0) is 34.5 Å². The SMILES string of the molecule is CCCCC(Nc1ccc(Br)c(Cl)c1Cl)C(=O)OC. The number of hydrogen-bond acceptors (Lipinski definition) is 3. The summed E-state index contributed by atoms with van der Waals surface area (Å²) < 4.78 is 5.50. The largest absolute Gasteiger partial charge is 0.467 e. The summed E-state index contributed by atoms with van der Waals surface area (Å²) in [6.45, 7) is 2.07. The minimum Gasteiger partial charge on any atom is -0.467 e. The molecule has 0 aliphatic heterocycles. The molecule has 0 bridgehead atoms. The monoisotopic (exact) mass is 367 g/mol. The molecule has 0 saturated carbocycles. The van der Waals surface area contributed by atoms with E-state index in [1.165, 1.54) is 7.11 Å². The van der Waals surface area contributed by atoms with Crippen molar-refractivity contribution >= 4 is 50.8 Å². The molecule has 0 spiro atoms. The molecule has 1 unspecified atom stereocenters. The highest BCUT2D eigenvalue weighted by molar-refractivity contribution is 9.10. The predicted octanol–water partition coefficient (Wildman–Crippen LogP) is 4.90. The number of hydrogen-bond donors (Lipinski definition) is 1. The first kappa shape index (κ1) is 16.6.